The molecule has 0 amide bonds. The normalized spacial score (nSPS) is 10.7. The molecule has 1 aromatic rings. The van der Waals surface area contributed by atoms with Crippen molar-refractivity contribution in [2.24, 2.45) is 5.73 Å². The van der Waals surface area contributed by atoms with Gasteiger partial charge in [-0.05, 0) is 6.07 Å². The second-order valence-corrected chi connectivity index (χ2v) is 2.76. The SMILES string of the molecule is COc1nccc(Cl)c1/C=C/CN. The third-order valence-corrected chi connectivity index (χ3v) is 1.84. The van der Waals surface area contributed by atoms with Crippen LogP contribution in [0.25, 0.3) is 6.08 Å². The summed E-state index contributed by atoms with van der Waals surface area (Å²) in [6.07, 6.45) is 5.19. The zero-order valence-electron chi connectivity index (χ0n) is 7.33. The molecule has 1 rings (SSSR count). The number of hydrogen-bond acceptors (Lipinski definition) is 3. The number of rotatable bonds is 3. The van der Waals surface area contributed by atoms with Gasteiger partial charge in [-0.15, -0.1) is 0 Å². The van der Waals surface area contributed by atoms with Gasteiger partial charge in [0.2, 0.25) is 5.88 Å². The number of nitrogens with two attached hydrogens (primary N) is 1. The van der Waals surface area contributed by atoms with E-state index in [2.05, 4.69) is 4.98 Å². The highest BCUT2D eigenvalue weighted by Crippen LogP contribution is 2.24. The van der Waals surface area contributed by atoms with Gasteiger partial charge in [0.15, 0.2) is 0 Å². The van der Waals surface area contributed by atoms with Crippen molar-refractivity contribution < 1.29 is 4.74 Å². The Hall–Kier alpha value is -1.06. The maximum atomic E-state index is 5.93. The predicted molar refractivity (Wildman–Crippen MR) is 53.9 cm³/mol. The van der Waals surface area contributed by atoms with Crippen LogP contribution in [-0.4, -0.2) is 18.6 Å². The van der Waals surface area contributed by atoms with E-state index in [1.54, 1.807) is 31.5 Å². The molecule has 70 valence electrons. The van der Waals surface area contributed by atoms with Crippen LogP contribution in [-0.2, 0) is 0 Å². The van der Waals surface area contributed by atoms with Crippen molar-refractivity contribution in [3.05, 3.63) is 28.9 Å². The number of nitrogens with zero attached hydrogens (tertiary/aromatic N) is 1. The van der Waals surface area contributed by atoms with Crippen molar-refractivity contribution >= 4 is 17.7 Å². The lowest BCUT2D eigenvalue weighted by Crippen LogP contribution is -1.94. The van der Waals surface area contributed by atoms with E-state index in [-0.39, 0.29) is 0 Å². The molecule has 0 aliphatic heterocycles. The van der Waals surface area contributed by atoms with Gasteiger partial charge in [-0.25, -0.2) is 4.98 Å². The van der Waals surface area contributed by atoms with Crippen molar-refractivity contribution in [1.29, 1.82) is 0 Å². The zero-order chi connectivity index (χ0) is 9.68. The molecule has 0 saturated carbocycles. The highest BCUT2D eigenvalue weighted by Gasteiger charge is 2.04. The Morgan fingerprint density at radius 2 is 2.46 bits per heavy atom. The van der Waals surface area contributed by atoms with Crippen LogP contribution in [0.4, 0.5) is 0 Å². The predicted octanol–water partition coefficient (Wildman–Crippen LogP) is 1.72. The van der Waals surface area contributed by atoms with Gasteiger partial charge in [-0.2, -0.15) is 0 Å². The summed E-state index contributed by atoms with van der Waals surface area (Å²) in [6, 6.07) is 1.71. The van der Waals surface area contributed by atoms with Gasteiger partial charge < -0.3 is 10.5 Å². The number of pyridine rings is 1. The topological polar surface area (TPSA) is 48.1 Å². The average molecular weight is 199 g/mol. The molecular formula is C9H11ClN2O. The summed E-state index contributed by atoms with van der Waals surface area (Å²) < 4.78 is 5.04. The zero-order valence-corrected chi connectivity index (χ0v) is 8.08. The monoisotopic (exact) mass is 198 g/mol. The Bertz CT molecular complexity index is 312. The molecule has 1 aromatic heterocycles. The summed E-state index contributed by atoms with van der Waals surface area (Å²) in [6.45, 7) is 0.467. The van der Waals surface area contributed by atoms with Gasteiger partial charge in [0, 0.05) is 12.7 Å². The number of methoxy groups -OCH3 is 1. The van der Waals surface area contributed by atoms with Crippen molar-refractivity contribution in [3.8, 4) is 5.88 Å². The third kappa shape index (κ3) is 2.44. The lowest BCUT2D eigenvalue weighted by Gasteiger charge is -2.04. The number of aromatic nitrogens is 1. The molecule has 0 aliphatic rings. The molecule has 0 aliphatic carbocycles. The molecule has 0 atom stereocenters. The quantitative estimate of drug-likeness (QED) is 0.805. The molecule has 0 unspecified atom stereocenters. The molecule has 1 heterocycles. The maximum Gasteiger partial charge on any atom is 0.221 e. The Labute approximate surface area is 82.2 Å². The molecule has 0 bridgehead atoms. The van der Waals surface area contributed by atoms with E-state index in [1.165, 1.54) is 0 Å². The lowest BCUT2D eigenvalue weighted by atomic mass is 10.2. The van der Waals surface area contributed by atoms with Gasteiger partial charge in [0.05, 0.1) is 17.7 Å². The Balaban J connectivity index is 3.07. The molecule has 2 N–H and O–H groups in total. The minimum absolute atomic E-state index is 0.467. The van der Waals surface area contributed by atoms with Crippen LogP contribution in [0, 0.1) is 0 Å². The van der Waals surface area contributed by atoms with E-state index in [4.69, 9.17) is 22.1 Å². The van der Waals surface area contributed by atoms with Crippen LogP contribution in [0.3, 0.4) is 0 Å². The third-order valence-electron chi connectivity index (χ3n) is 1.51. The molecule has 0 radical (unpaired) electrons. The van der Waals surface area contributed by atoms with Crippen molar-refractivity contribution in [2.75, 3.05) is 13.7 Å². The van der Waals surface area contributed by atoms with Gasteiger partial charge in [0.1, 0.15) is 0 Å². The van der Waals surface area contributed by atoms with Crippen molar-refractivity contribution in [1.82, 2.24) is 4.98 Å². The first-order valence-corrected chi connectivity index (χ1v) is 4.22. The van der Waals surface area contributed by atoms with E-state index in [0.717, 1.165) is 5.56 Å². The summed E-state index contributed by atoms with van der Waals surface area (Å²) in [7, 11) is 1.55. The Morgan fingerprint density at radius 1 is 1.69 bits per heavy atom. The molecule has 13 heavy (non-hydrogen) atoms. The maximum absolute atomic E-state index is 5.93. The fraction of sp³-hybridized carbons (Fsp3) is 0.222. The molecular weight excluding hydrogens is 188 g/mol. The first kappa shape index (κ1) is 10.0. The number of halogens is 1. The average Bonchev–Trinajstić information content (AvgIpc) is 2.15. The molecule has 4 heteroatoms. The first-order chi connectivity index (χ1) is 6.29. The summed E-state index contributed by atoms with van der Waals surface area (Å²) in [5.41, 5.74) is 6.09. The Kier molecular flexibility index (Phi) is 3.73. The summed E-state index contributed by atoms with van der Waals surface area (Å²) in [5.74, 6) is 0.511. The van der Waals surface area contributed by atoms with Crippen LogP contribution < -0.4 is 10.5 Å². The minimum atomic E-state index is 0.467. The van der Waals surface area contributed by atoms with Crippen LogP contribution in [0.1, 0.15) is 5.56 Å². The van der Waals surface area contributed by atoms with E-state index in [9.17, 15) is 0 Å². The van der Waals surface area contributed by atoms with Gasteiger partial charge in [0.25, 0.3) is 0 Å². The van der Waals surface area contributed by atoms with Crippen LogP contribution in [0.15, 0.2) is 18.3 Å². The van der Waals surface area contributed by atoms with Crippen LogP contribution >= 0.6 is 11.6 Å². The second-order valence-electron chi connectivity index (χ2n) is 2.35. The van der Waals surface area contributed by atoms with Crippen LogP contribution in [0.5, 0.6) is 5.88 Å². The number of hydrogen-bond donors (Lipinski definition) is 1. The highest BCUT2D eigenvalue weighted by molar-refractivity contribution is 6.32. The van der Waals surface area contributed by atoms with Gasteiger partial charge >= 0.3 is 0 Å². The van der Waals surface area contributed by atoms with Crippen LogP contribution in [0.2, 0.25) is 5.02 Å². The second kappa shape index (κ2) is 4.84. The fourth-order valence-corrected chi connectivity index (χ4v) is 1.13. The standard InChI is InChI=1S/C9H11ClN2O/c1-13-9-7(3-2-5-11)8(10)4-6-12-9/h2-4,6H,5,11H2,1H3/b3-2+. The molecule has 0 fully saturated rings. The van der Waals surface area contributed by atoms with Crippen molar-refractivity contribution in [2.45, 2.75) is 0 Å². The van der Waals surface area contributed by atoms with E-state index in [0.29, 0.717) is 17.4 Å². The molecule has 0 spiro atoms. The fourth-order valence-electron chi connectivity index (χ4n) is 0.931. The minimum Gasteiger partial charge on any atom is -0.481 e. The molecule has 0 saturated heterocycles. The smallest absolute Gasteiger partial charge is 0.221 e. The summed E-state index contributed by atoms with van der Waals surface area (Å²) in [5, 5.41) is 0.608. The first-order valence-electron chi connectivity index (χ1n) is 3.84. The largest absolute Gasteiger partial charge is 0.481 e. The van der Waals surface area contributed by atoms with E-state index >= 15 is 0 Å². The lowest BCUT2D eigenvalue weighted by molar-refractivity contribution is 0.397. The molecule has 0 aromatic carbocycles. The molecule has 3 nitrogen and oxygen atoms in total. The van der Waals surface area contributed by atoms with E-state index in [1.807, 2.05) is 0 Å². The van der Waals surface area contributed by atoms with Crippen molar-refractivity contribution in [3.63, 3.8) is 0 Å². The number of ether oxygens (including phenoxy) is 1. The van der Waals surface area contributed by atoms with Gasteiger partial charge in [-0.1, -0.05) is 23.8 Å². The van der Waals surface area contributed by atoms with Gasteiger partial charge in [-0.3, -0.25) is 0 Å². The highest BCUT2D eigenvalue weighted by atomic mass is 35.5. The van der Waals surface area contributed by atoms with E-state index < -0.39 is 0 Å². The summed E-state index contributed by atoms with van der Waals surface area (Å²) >= 11 is 5.93. The Morgan fingerprint density at radius 3 is 3.08 bits per heavy atom. The summed E-state index contributed by atoms with van der Waals surface area (Å²) in [4.78, 5) is 4.01.